The van der Waals surface area contributed by atoms with Gasteiger partial charge in [-0.15, -0.1) is 0 Å². The van der Waals surface area contributed by atoms with Gasteiger partial charge in [-0.1, -0.05) is 30.3 Å². The van der Waals surface area contributed by atoms with E-state index in [0.717, 1.165) is 17.0 Å². The quantitative estimate of drug-likeness (QED) is 0.702. The van der Waals surface area contributed by atoms with Crippen LogP contribution in [0, 0.1) is 0 Å². The Labute approximate surface area is 154 Å². The highest BCUT2D eigenvalue weighted by Gasteiger charge is 2.15. The van der Waals surface area contributed by atoms with E-state index in [-0.39, 0.29) is 5.91 Å². The number of ether oxygens (including phenoxy) is 3. The zero-order valence-electron chi connectivity index (χ0n) is 15.8. The summed E-state index contributed by atoms with van der Waals surface area (Å²) in [6.07, 6.45) is 0. The highest BCUT2D eigenvalue weighted by Crippen LogP contribution is 2.38. The largest absolute Gasteiger partial charge is 0.493 e. The number of quaternary nitrogens is 1. The molecule has 0 heterocycles. The summed E-state index contributed by atoms with van der Waals surface area (Å²) in [7, 11) is 6.71. The van der Waals surface area contributed by atoms with Crippen molar-refractivity contribution in [1.82, 2.24) is 5.32 Å². The van der Waals surface area contributed by atoms with Crippen molar-refractivity contribution in [3.05, 3.63) is 53.6 Å². The number of methoxy groups -OCH3 is 3. The van der Waals surface area contributed by atoms with Crippen LogP contribution in [0.2, 0.25) is 0 Å². The molecule has 0 aliphatic heterocycles. The second-order valence-corrected chi connectivity index (χ2v) is 6.11. The zero-order valence-corrected chi connectivity index (χ0v) is 15.8. The van der Waals surface area contributed by atoms with Gasteiger partial charge in [0.2, 0.25) is 5.75 Å². The Hall–Kier alpha value is -2.73. The van der Waals surface area contributed by atoms with E-state index < -0.39 is 0 Å². The number of rotatable bonds is 9. The van der Waals surface area contributed by atoms with Gasteiger partial charge < -0.3 is 24.4 Å². The van der Waals surface area contributed by atoms with E-state index in [4.69, 9.17) is 14.2 Å². The molecule has 140 valence electrons. The molecule has 26 heavy (non-hydrogen) atoms. The molecule has 0 aromatic heterocycles. The minimum atomic E-state index is -0.00724. The molecule has 0 saturated heterocycles. The van der Waals surface area contributed by atoms with Gasteiger partial charge in [-0.2, -0.15) is 0 Å². The summed E-state index contributed by atoms with van der Waals surface area (Å²) in [4.78, 5) is 13.4. The summed E-state index contributed by atoms with van der Waals surface area (Å²) in [5.74, 6) is 1.68. The van der Waals surface area contributed by atoms with Gasteiger partial charge in [0, 0.05) is 12.1 Å². The molecule has 0 saturated carbocycles. The lowest BCUT2D eigenvalue weighted by atomic mass is 10.1. The number of benzene rings is 2. The second-order valence-electron chi connectivity index (χ2n) is 6.11. The van der Waals surface area contributed by atoms with E-state index in [0.29, 0.717) is 30.3 Å². The summed E-state index contributed by atoms with van der Waals surface area (Å²) >= 11 is 0. The normalized spacial score (nSPS) is 11.5. The van der Waals surface area contributed by atoms with Gasteiger partial charge in [-0.05, 0) is 17.7 Å². The molecule has 1 amide bonds. The van der Waals surface area contributed by atoms with Crippen molar-refractivity contribution >= 4 is 5.91 Å². The van der Waals surface area contributed by atoms with Crippen molar-refractivity contribution in [3.8, 4) is 17.2 Å². The van der Waals surface area contributed by atoms with Crippen LogP contribution in [-0.2, 0) is 17.9 Å². The average Bonchev–Trinajstić information content (AvgIpc) is 2.66. The predicted octanol–water partition coefficient (Wildman–Crippen LogP) is 1.04. The van der Waals surface area contributed by atoms with Crippen molar-refractivity contribution in [2.75, 3.05) is 34.9 Å². The first-order valence-electron chi connectivity index (χ1n) is 8.48. The number of hydrogen-bond donors (Lipinski definition) is 2. The van der Waals surface area contributed by atoms with Crippen molar-refractivity contribution in [1.29, 1.82) is 0 Å². The number of hydrogen-bond acceptors (Lipinski definition) is 4. The SMILES string of the molecule is COc1cc(CNC(=O)C[NH+](C)Cc2ccccc2)cc(OC)c1OC. The second kappa shape index (κ2) is 9.68. The van der Waals surface area contributed by atoms with Crippen LogP contribution >= 0.6 is 0 Å². The van der Waals surface area contributed by atoms with Crippen LogP contribution in [0.15, 0.2) is 42.5 Å². The first-order valence-corrected chi connectivity index (χ1v) is 8.48. The summed E-state index contributed by atoms with van der Waals surface area (Å²) in [5, 5.41) is 2.94. The van der Waals surface area contributed by atoms with Crippen LogP contribution in [0.4, 0.5) is 0 Å². The lowest BCUT2D eigenvalue weighted by molar-refractivity contribution is -0.885. The summed E-state index contributed by atoms with van der Waals surface area (Å²) in [6, 6.07) is 13.8. The molecule has 2 aromatic carbocycles. The predicted molar refractivity (Wildman–Crippen MR) is 99.8 cm³/mol. The molecule has 0 fully saturated rings. The van der Waals surface area contributed by atoms with Crippen LogP contribution in [0.1, 0.15) is 11.1 Å². The standard InChI is InChI=1S/C20H26N2O4/c1-22(13-15-8-6-5-7-9-15)14-19(23)21-12-16-10-17(24-2)20(26-4)18(11-16)25-3/h5-11H,12-14H2,1-4H3,(H,21,23)/p+1. The number of carbonyl (C=O) groups excluding carboxylic acids is 1. The van der Waals surface area contributed by atoms with E-state index in [9.17, 15) is 4.79 Å². The monoisotopic (exact) mass is 359 g/mol. The van der Waals surface area contributed by atoms with E-state index in [1.54, 1.807) is 21.3 Å². The highest BCUT2D eigenvalue weighted by molar-refractivity contribution is 5.76. The molecule has 0 spiro atoms. The maximum Gasteiger partial charge on any atom is 0.275 e. The molecule has 0 bridgehead atoms. The summed E-state index contributed by atoms with van der Waals surface area (Å²) in [6.45, 7) is 1.60. The maximum atomic E-state index is 12.2. The molecule has 0 aliphatic carbocycles. The molecular weight excluding hydrogens is 332 g/mol. The fourth-order valence-corrected chi connectivity index (χ4v) is 2.78. The molecule has 2 N–H and O–H groups in total. The third-order valence-electron chi connectivity index (χ3n) is 4.03. The van der Waals surface area contributed by atoms with E-state index in [1.165, 1.54) is 5.56 Å². The van der Waals surface area contributed by atoms with E-state index in [1.807, 2.05) is 37.4 Å². The highest BCUT2D eigenvalue weighted by atomic mass is 16.5. The van der Waals surface area contributed by atoms with Crippen LogP contribution in [0.5, 0.6) is 17.2 Å². The molecule has 2 rings (SSSR count). The fraction of sp³-hybridized carbons (Fsp3) is 0.350. The first-order chi connectivity index (χ1) is 12.6. The maximum absolute atomic E-state index is 12.2. The third kappa shape index (κ3) is 5.39. The first kappa shape index (κ1) is 19.6. The van der Waals surface area contributed by atoms with Gasteiger partial charge in [0.1, 0.15) is 6.54 Å². The van der Waals surface area contributed by atoms with Gasteiger partial charge in [0.25, 0.3) is 5.91 Å². The van der Waals surface area contributed by atoms with Gasteiger partial charge in [0.15, 0.2) is 18.0 Å². The number of carbonyl (C=O) groups is 1. The Balaban J connectivity index is 1.92. The van der Waals surface area contributed by atoms with Crippen LogP contribution in [0.25, 0.3) is 0 Å². The van der Waals surface area contributed by atoms with Gasteiger partial charge >= 0.3 is 0 Å². The molecule has 0 radical (unpaired) electrons. The van der Waals surface area contributed by atoms with E-state index >= 15 is 0 Å². The Bertz CT molecular complexity index is 694. The minimum Gasteiger partial charge on any atom is -0.493 e. The Morgan fingerprint density at radius 3 is 2.12 bits per heavy atom. The number of nitrogens with one attached hydrogen (secondary N) is 2. The van der Waals surface area contributed by atoms with Crippen molar-refractivity contribution < 1.29 is 23.9 Å². The average molecular weight is 359 g/mol. The van der Waals surface area contributed by atoms with Crippen molar-refractivity contribution in [2.24, 2.45) is 0 Å². The fourth-order valence-electron chi connectivity index (χ4n) is 2.78. The smallest absolute Gasteiger partial charge is 0.275 e. The summed E-state index contributed by atoms with van der Waals surface area (Å²) in [5.41, 5.74) is 2.09. The van der Waals surface area contributed by atoms with Crippen LogP contribution in [0.3, 0.4) is 0 Å². The lowest BCUT2D eigenvalue weighted by Crippen LogP contribution is -3.08. The molecule has 6 heteroatoms. The van der Waals surface area contributed by atoms with Gasteiger partial charge in [0.05, 0.1) is 28.4 Å². The Morgan fingerprint density at radius 2 is 1.58 bits per heavy atom. The Morgan fingerprint density at radius 1 is 0.962 bits per heavy atom. The minimum absolute atomic E-state index is 0.00724. The zero-order chi connectivity index (χ0) is 18.9. The molecule has 1 unspecified atom stereocenters. The van der Waals surface area contributed by atoms with Gasteiger partial charge in [-0.3, -0.25) is 4.79 Å². The van der Waals surface area contributed by atoms with Crippen LogP contribution < -0.4 is 24.4 Å². The van der Waals surface area contributed by atoms with Gasteiger partial charge in [-0.25, -0.2) is 0 Å². The molecule has 0 aliphatic rings. The number of likely N-dealkylation sites (N-methyl/N-ethyl adjacent to an activating group) is 1. The molecule has 2 aromatic rings. The van der Waals surface area contributed by atoms with E-state index in [2.05, 4.69) is 17.4 Å². The van der Waals surface area contributed by atoms with Crippen molar-refractivity contribution in [3.63, 3.8) is 0 Å². The topological polar surface area (TPSA) is 61.2 Å². The van der Waals surface area contributed by atoms with Crippen LogP contribution in [-0.4, -0.2) is 40.8 Å². The Kier molecular flexibility index (Phi) is 7.29. The lowest BCUT2D eigenvalue weighted by Gasteiger charge is -2.16. The number of amides is 1. The van der Waals surface area contributed by atoms with Crippen molar-refractivity contribution in [2.45, 2.75) is 13.1 Å². The molecule has 1 atom stereocenters. The summed E-state index contributed by atoms with van der Waals surface area (Å²) < 4.78 is 16.0. The molecular formula is C20H27N2O4+. The third-order valence-corrected chi connectivity index (χ3v) is 4.03. The molecule has 6 nitrogen and oxygen atoms in total.